The molecule has 2 heterocycles. The number of nitrogens with one attached hydrogen (secondary N) is 2. The third-order valence-electron chi connectivity index (χ3n) is 6.12. The van der Waals surface area contributed by atoms with E-state index in [4.69, 9.17) is 4.74 Å². The summed E-state index contributed by atoms with van der Waals surface area (Å²) in [7, 11) is 0. The number of benzene rings is 3. The maximum Gasteiger partial charge on any atom is 0.141 e. The molecule has 6 nitrogen and oxygen atoms in total. The van der Waals surface area contributed by atoms with Gasteiger partial charge in [-0.05, 0) is 87.3 Å². The number of hydrogen-bond acceptors (Lipinski definition) is 6. The van der Waals surface area contributed by atoms with Crippen LogP contribution >= 0.6 is 0 Å². The van der Waals surface area contributed by atoms with Crippen molar-refractivity contribution in [3.8, 4) is 23.3 Å². The summed E-state index contributed by atoms with van der Waals surface area (Å²) >= 11 is 0. The van der Waals surface area contributed by atoms with E-state index in [9.17, 15) is 5.11 Å². The SMILES string of the molecule is Cc1ccc(Oc2ccc(Nc3ncnc4ccc(C#CC5(O)CCCNC5)cc34)cc2C)cc1. The Morgan fingerprint density at radius 2 is 1.89 bits per heavy atom. The molecule has 3 aromatic carbocycles. The normalized spacial score (nSPS) is 17.5. The number of anilines is 2. The van der Waals surface area contributed by atoms with Crippen LogP contribution in [-0.4, -0.2) is 33.8 Å². The summed E-state index contributed by atoms with van der Waals surface area (Å²) in [6.45, 7) is 5.49. The summed E-state index contributed by atoms with van der Waals surface area (Å²) in [5.74, 6) is 8.51. The highest BCUT2D eigenvalue weighted by Crippen LogP contribution is 2.30. The molecule has 1 aromatic heterocycles. The van der Waals surface area contributed by atoms with E-state index in [0.717, 1.165) is 52.2 Å². The first-order valence-electron chi connectivity index (χ1n) is 11.8. The molecule has 0 bridgehead atoms. The molecule has 0 amide bonds. The van der Waals surface area contributed by atoms with E-state index in [0.29, 0.717) is 18.8 Å². The fourth-order valence-corrected chi connectivity index (χ4v) is 4.13. The van der Waals surface area contributed by atoms with Crippen LogP contribution in [0.3, 0.4) is 0 Å². The quantitative estimate of drug-likeness (QED) is 0.358. The van der Waals surface area contributed by atoms with Crippen molar-refractivity contribution in [2.75, 3.05) is 18.4 Å². The molecule has 0 saturated carbocycles. The van der Waals surface area contributed by atoms with Crippen LogP contribution in [0.5, 0.6) is 11.5 Å². The topological polar surface area (TPSA) is 79.3 Å². The van der Waals surface area contributed by atoms with E-state index in [-0.39, 0.29) is 0 Å². The molecular formula is C29H28N4O2. The van der Waals surface area contributed by atoms with Crippen LogP contribution in [0.1, 0.15) is 29.5 Å². The highest BCUT2D eigenvalue weighted by atomic mass is 16.5. The van der Waals surface area contributed by atoms with Gasteiger partial charge in [0.1, 0.15) is 29.2 Å². The standard InChI is InChI=1S/C29H28N4O2/c1-20-4-8-24(9-5-20)35-27-11-7-23(16-21(27)2)33-28-25-17-22(6-10-26(25)31-19-32-28)12-14-29(34)13-3-15-30-18-29/h4-11,16-17,19,30,34H,3,13,15,18H2,1-2H3,(H,31,32,33). The molecule has 1 saturated heterocycles. The van der Waals surface area contributed by atoms with Crippen LogP contribution in [0.4, 0.5) is 11.5 Å². The van der Waals surface area contributed by atoms with Crippen LogP contribution in [0.2, 0.25) is 0 Å². The summed E-state index contributed by atoms with van der Waals surface area (Å²) < 4.78 is 6.05. The lowest BCUT2D eigenvalue weighted by molar-refractivity contribution is 0.0736. The number of aromatic nitrogens is 2. The fraction of sp³-hybridized carbons (Fsp3) is 0.241. The van der Waals surface area contributed by atoms with Crippen LogP contribution in [0.25, 0.3) is 10.9 Å². The number of aliphatic hydroxyl groups is 1. The monoisotopic (exact) mass is 464 g/mol. The van der Waals surface area contributed by atoms with Gasteiger partial charge in [0, 0.05) is 23.2 Å². The lowest BCUT2D eigenvalue weighted by Crippen LogP contribution is -2.44. The Bertz CT molecular complexity index is 1410. The van der Waals surface area contributed by atoms with Crippen molar-refractivity contribution in [3.63, 3.8) is 0 Å². The number of hydrogen-bond donors (Lipinski definition) is 3. The van der Waals surface area contributed by atoms with Crippen LogP contribution in [0.15, 0.2) is 67.0 Å². The molecule has 0 spiro atoms. The summed E-state index contributed by atoms with van der Waals surface area (Å²) in [6, 6.07) is 19.8. The van der Waals surface area contributed by atoms with Gasteiger partial charge in [0.05, 0.1) is 5.52 Å². The number of aryl methyl sites for hydroxylation is 2. The van der Waals surface area contributed by atoms with Crippen molar-refractivity contribution in [3.05, 3.63) is 83.7 Å². The number of rotatable bonds is 4. The Labute approximate surface area is 205 Å². The van der Waals surface area contributed by atoms with Gasteiger partial charge in [-0.25, -0.2) is 9.97 Å². The van der Waals surface area contributed by atoms with Crippen LogP contribution in [-0.2, 0) is 0 Å². The first-order chi connectivity index (χ1) is 17.0. The molecule has 176 valence electrons. The molecule has 0 radical (unpaired) electrons. The maximum absolute atomic E-state index is 10.7. The third-order valence-corrected chi connectivity index (χ3v) is 6.12. The third kappa shape index (κ3) is 5.43. The summed E-state index contributed by atoms with van der Waals surface area (Å²) in [5.41, 5.74) is 3.75. The van der Waals surface area contributed by atoms with Crippen LogP contribution < -0.4 is 15.4 Å². The molecule has 5 rings (SSSR count). The number of piperidine rings is 1. The number of nitrogens with zero attached hydrogens (tertiary/aromatic N) is 2. The average molecular weight is 465 g/mol. The first-order valence-corrected chi connectivity index (χ1v) is 11.8. The Balaban J connectivity index is 1.38. The van der Waals surface area contributed by atoms with Gasteiger partial charge in [0.15, 0.2) is 0 Å². The van der Waals surface area contributed by atoms with Crippen molar-refractivity contribution in [1.29, 1.82) is 0 Å². The van der Waals surface area contributed by atoms with Gasteiger partial charge < -0.3 is 20.5 Å². The highest BCUT2D eigenvalue weighted by molar-refractivity contribution is 5.91. The van der Waals surface area contributed by atoms with Crippen molar-refractivity contribution in [2.24, 2.45) is 0 Å². The number of fused-ring (bicyclic) bond motifs is 1. The predicted octanol–water partition coefficient (Wildman–Crippen LogP) is 5.25. The average Bonchev–Trinajstić information content (AvgIpc) is 2.86. The largest absolute Gasteiger partial charge is 0.457 e. The van der Waals surface area contributed by atoms with Crippen molar-refractivity contribution in [1.82, 2.24) is 15.3 Å². The molecule has 1 aliphatic heterocycles. The molecule has 1 atom stereocenters. The molecule has 6 heteroatoms. The first kappa shape index (κ1) is 22.9. The van der Waals surface area contributed by atoms with E-state index < -0.39 is 5.60 Å². The van der Waals surface area contributed by atoms with Crippen molar-refractivity contribution in [2.45, 2.75) is 32.3 Å². The van der Waals surface area contributed by atoms with Gasteiger partial charge in [0.25, 0.3) is 0 Å². The van der Waals surface area contributed by atoms with Gasteiger partial charge >= 0.3 is 0 Å². The molecule has 3 N–H and O–H groups in total. The summed E-state index contributed by atoms with van der Waals surface area (Å²) in [6.07, 6.45) is 3.15. The summed E-state index contributed by atoms with van der Waals surface area (Å²) in [4.78, 5) is 8.87. The Hall–Kier alpha value is -3.92. The minimum Gasteiger partial charge on any atom is -0.457 e. The van der Waals surface area contributed by atoms with E-state index in [1.54, 1.807) is 6.33 Å². The van der Waals surface area contributed by atoms with Crippen molar-refractivity contribution < 1.29 is 9.84 Å². The molecule has 35 heavy (non-hydrogen) atoms. The molecule has 4 aromatic rings. The van der Waals surface area contributed by atoms with E-state index in [1.165, 1.54) is 5.56 Å². The molecular weight excluding hydrogens is 436 g/mol. The fourth-order valence-electron chi connectivity index (χ4n) is 4.13. The Morgan fingerprint density at radius 3 is 2.66 bits per heavy atom. The zero-order valence-corrected chi connectivity index (χ0v) is 19.9. The molecule has 1 unspecified atom stereocenters. The highest BCUT2D eigenvalue weighted by Gasteiger charge is 2.26. The van der Waals surface area contributed by atoms with Gasteiger partial charge in [-0.2, -0.15) is 0 Å². The Morgan fingerprint density at radius 1 is 1.03 bits per heavy atom. The van der Waals surface area contributed by atoms with E-state index in [1.807, 2.05) is 67.6 Å². The minimum absolute atomic E-state index is 0.493. The van der Waals surface area contributed by atoms with E-state index >= 15 is 0 Å². The smallest absolute Gasteiger partial charge is 0.141 e. The molecule has 0 aliphatic carbocycles. The lowest BCUT2D eigenvalue weighted by Gasteiger charge is -2.27. The van der Waals surface area contributed by atoms with Gasteiger partial charge in [-0.15, -0.1) is 0 Å². The van der Waals surface area contributed by atoms with E-state index in [2.05, 4.69) is 39.4 Å². The molecule has 1 fully saturated rings. The maximum atomic E-state index is 10.7. The van der Waals surface area contributed by atoms with Crippen LogP contribution in [0, 0.1) is 25.7 Å². The number of β-amino-alcohol motifs (C(OH)–C–C–N with tert-alkyl or cyclic N) is 1. The number of ether oxygens (including phenoxy) is 1. The van der Waals surface area contributed by atoms with Gasteiger partial charge in [0.2, 0.25) is 0 Å². The van der Waals surface area contributed by atoms with Gasteiger partial charge in [-0.3, -0.25) is 0 Å². The minimum atomic E-state index is -0.985. The van der Waals surface area contributed by atoms with Gasteiger partial charge in [-0.1, -0.05) is 29.5 Å². The second-order valence-electron chi connectivity index (χ2n) is 9.04. The second-order valence-corrected chi connectivity index (χ2v) is 9.04. The lowest BCUT2D eigenvalue weighted by atomic mass is 9.94. The zero-order chi connectivity index (χ0) is 24.3. The zero-order valence-electron chi connectivity index (χ0n) is 19.9. The molecule has 1 aliphatic rings. The Kier molecular flexibility index (Phi) is 6.37. The van der Waals surface area contributed by atoms with Crippen molar-refractivity contribution >= 4 is 22.4 Å². The predicted molar refractivity (Wildman–Crippen MR) is 139 cm³/mol. The summed E-state index contributed by atoms with van der Waals surface area (Å²) in [5, 5.41) is 18.2. The second kappa shape index (κ2) is 9.75.